The van der Waals surface area contributed by atoms with Crippen LogP contribution in [0.1, 0.15) is 49.1 Å². The fourth-order valence-corrected chi connectivity index (χ4v) is 6.03. The van der Waals surface area contributed by atoms with Crippen molar-refractivity contribution < 1.29 is 27.5 Å². The van der Waals surface area contributed by atoms with Gasteiger partial charge in [0, 0.05) is 12.1 Å². The molecule has 0 bridgehead atoms. The van der Waals surface area contributed by atoms with Gasteiger partial charge in [0.05, 0.1) is 11.8 Å². The Balaban J connectivity index is 1.42. The number of halogens is 2. The molecular weight excluding hydrogens is 615 g/mol. The van der Waals surface area contributed by atoms with E-state index in [9.17, 15) is 13.6 Å². The molecular formula is C38H46F2N2O4Si. The van der Waals surface area contributed by atoms with Crippen LogP contribution in [0.5, 0.6) is 11.5 Å². The highest BCUT2D eigenvalue weighted by molar-refractivity contribution is 6.74. The molecule has 4 rings (SSSR count). The Labute approximate surface area is 278 Å². The first-order valence-corrected chi connectivity index (χ1v) is 18.8. The van der Waals surface area contributed by atoms with Crippen LogP contribution in [-0.2, 0) is 28.2 Å². The fraction of sp³-hybridized carbons (Fsp3) is 0.342. The second-order valence-corrected chi connectivity index (χ2v) is 17.9. The van der Waals surface area contributed by atoms with Gasteiger partial charge in [-0.25, -0.2) is 0 Å². The van der Waals surface area contributed by atoms with Crippen molar-refractivity contribution in [1.82, 2.24) is 5.32 Å². The lowest BCUT2D eigenvalue weighted by Gasteiger charge is -2.39. The quantitative estimate of drug-likeness (QED) is 0.0673. The number of rotatable bonds is 17. The summed E-state index contributed by atoms with van der Waals surface area (Å²) in [6, 6.07) is 30.6. The third-order valence-corrected chi connectivity index (χ3v) is 13.0. The molecule has 47 heavy (non-hydrogen) atoms. The number of nitrogens with one attached hydrogen (secondary N) is 2. The van der Waals surface area contributed by atoms with Gasteiger partial charge in [-0.3, -0.25) is 4.79 Å². The molecule has 0 heterocycles. The highest BCUT2D eigenvalue weighted by Crippen LogP contribution is 2.40. The van der Waals surface area contributed by atoms with E-state index in [1.807, 2.05) is 60.7 Å². The molecule has 250 valence electrons. The maximum Gasteiger partial charge on any atom is 0.306 e. The van der Waals surface area contributed by atoms with Crippen LogP contribution < -0.4 is 20.1 Å². The van der Waals surface area contributed by atoms with Gasteiger partial charge in [0.1, 0.15) is 18.1 Å². The lowest BCUT2D eigenvalue weighted by molar-refractivity contribution is -0.105. The largest absolute Gasteiger partial charge is 0.487 e. The average Bonchev–Trinajstić information content (AvgIpc) is 3.05. The summed E-state index contributed by atoms with van der Waals surface area (Å²) >= 11 is 0. The third-order valence-electron chi connectivity index (χ3n) is 8.50. The molecule has 0 radical (unpaired) electrons. The molecule has 0 spiro atoms. The van der Waals surface area contributed by atoms with Crippen LogP contribution >= 0.6 is 0 Å². The normalized spacial score (nSPS) is 12.7. The minimum atomic E-state index is -3.09. The number of amides is 1. The van der Waals surface area contributed by atoms with E-state index >= 15 is 0 Å². The van der Waals surface area contributed by atoms with Crippen LogP contribution in [-0.4, -0.2) is 34.4 Å². The molecule has 0 aliphatic rings. The third kappa shape index (κ3) is 10.5. The predicted octanol–water partition coefficient (Wildman–Crippen LogP) is 8.90. The summed E-state index contributed by atoms with van der Waals surface area (Å²) < 4.78 is 47.7. The lowest BCUT2D eigenvalue weighted by atomic mass is 10.1. The minimum Gasteiger partial charge on any atom is -0.487 e. The minimum absolute atomic E-state index is 0.00832. The Morgan fingerprint density at radius 2 is 1.51 bits per heavy atom. The Kier molecular flexibility index (Phi) is 12.3. The molecule has 9 heteroatoms. The molecule has 0 aromatic heterocycles. The molecule has 2 N–H and O–H groups in total. The topological polar surface area (TPSA) is 68.8 Å². The molecule has 1 amide bonds. The second kappa shape index (κ2) is 16.2. The standard InChI is InChI=1S/C38H46F2N2O4Si/c1-37(2,3)47(4,5)46-36(31-19-20-35(34(24-31)42-28-43)44-26-30-13-8-6-9-14-30)25-41-22-21-29-15-12-18-33(23-29)45-27-38(39,40)32-16-10-7-11-17-32/h6-20,23-24,28,36,41H,21-22,25-27H2,1-5H3,(H,42,43)/t36-/m0/s1. The number of carbonyl (C=O) groups excluding carboxylic acids is 1. The number of ether oxygens (including phenoxy) is 2. The van der Waals surface area contributed by atoms with Crippen molar-refractivity contribution in [3.63, 3.8) is 0 Å². The van der Waals surface area contributed by atoms with Crippen LogP contribution in [0.3, 0.4) is 0 Å². The van der Waals surface area contributed by atoms with Crippen molar-refractivity contribution in [1.29, 1.82) is 0 Å². The molecule has 0 unspecified atom stereocenters. The van der Waals surface area contributed by atoms with Gasteiger partial charge < -0.3 is 24.5 Å². The van der Waals surface area contributed by atoms with Gasteiger partial charge >= 0.3 is 5.92 Å². The summed E-state index contributed by atoms with van der Waals surface area (Å²) in [7, 11) is -2.18. The summed E-state index contributed by atoms with van der Waals surface area (Å²) in [6.45, 7) is 11.9. The van der Waals surface area contributed by atoms with Crippen molar-refractivity contribution in [2.45, 2.75) is 64.0 Å². The zero-order valence-electron chi connectivity index (χ0n) is 27.9. The SMILES string of the molecule is CC(C)(C)[Si](C)(C)O[C@@H](CNCCc1cccc(OCC(F)(F)c2ccccc2)c1)c1ccc(OCc2ccccc2)c(NC=O)c1. The number of carbonyl (C=O) groups is 1. The van der Waals surface area contributed by atoms with Crippen LogP contribution in [0.2, 0.25) is 18.1 Å². The first kappa shape index (κ1) is 35.8. The Morgan fingerprint density at radius 1 is 0.830 bits per heavy atom. The maximum absolute atomic E-state index is 14.6. The highest BCUT2D eigenvalue weighted by Gasteiger charge is 2.39. The Hall–Kier alpha value is -4.05. The smallest absolute Gasteiger partial charge is 0.306 e. The van der Waals surface area contributed by atoms with E-state index in [4.69, 9.17) is 13.9 Å². The van der Waals surface area contributed by atoms with E-state index in [1.54, 1.807) is 30.3 Å². The van der Waals surface area contributed by atoms with Crippen molar-refractivity contribution in [3.8, 4) is 11.5 Å². The number of anilines is 1. The highest BCUT2D eigenvalue weighted by atomic mass is 28.4. The van der Waals surface area contributed by atoms with E-state index in [1.165, 1.54) is 12.1 Å². The van der Waals surface area contributed by atoms with Gasteiger partial charge in [-0.2, -0.15) is 8.78 Å². The molecule has 4 aromatic rings. The van der Waals surface area contributed by atoms with E-state index in [-0.39, 0.29) is 16.7 Å². The zero-order valence-corrected chi connectivity index (χ0v) is 28.9. The van der Waals surface area contributed by atoms with E-state index in [0.29, 0.717) is 49.7 Å². The van der Waals surface area contributed by atoms with Crippen LogP contribution in [0.25, 0.3) is 0 Å². The maximum atomic E-state index is 14.6. The number of hydrogen-bond acceptors (Lipinski definition) is 5. The summed E-state index contributed by atoms with van der Waals surface area (Å²) in [5, 5.41) is 6.32. The molecule has 0 fully saturated rings. The summed E-state index contributed by atoms with van der Waals surface area (Å²) in [6.07, 6.45) is 1.04. The second-order valence-electron chi connectivity index (χ2n) is 13.1. The summed E-state index contributed by atoms with van der Waals surface area (Å²) in [5.41, 5.74) is 3.43. The van der Waals surface area contributed by atoms with E-state index < -0.39 is 20.8 Å². The van der Waals surface area contributed by atoms with Crippen LogP contribution in [0.15, 0.2) is 103 Å². The van der Waals surface area contributed by atoms with Crippen LogP contribution in [0.4, 0.5) is 14.5 Å². The summed E-state index contributed by atoms with van der Waals surface area (Å²) in [5.74, 6) is -2.11. The number of hydrogen-bond donors (Lipinski definition) is 2. The molecule has 0 saturated carbocycles. The van der Waals surface area contributed by atoms with E-state index in [2.05, 4.69) is 44.5 Å². The molecule has 0 aliphatic heterocycles. The Bertz CT molecular complexity index is 1560. The van der Waals surface area contributed by atoms with Gasteiger partial charge in [0.15, 0.2) is 14.9 Å². The van der Waals surface area contributed by atoms with Crippen molar-refractivity contribution >= 4 is 20.4 Å². The zero-order chi connectivity index (χ0) is 33.9. The molecule has 6 nitrogen and oxygen atoms in total. The van der Waals surface area contributed by atoms with Crippen molar-refractivity contribution in [3.05, 3.63) is 125 Å². The summed E-state index contributed by atoms with van der Waals surface area (Å²) in [4.78, 5) is 11.5. The molecule has 4 aromatic carbocycles. The van der Waals surface area contributed by atoms with E-state index in [0.717, 1.165) is 16.7 Å². The number of alkyl halides is 2. The molecule has 0 aliphatic carbocycles. The predicted molar refractivity (Wildman–Crippen MR) is 187 cm³/mol. The van der Waals surface area contributed by atoms with Gasteiger partial charge in [-0.1, -0.05) is 99.6 Å². The lowest BCUT2D eigenvalue weighted by Crippen LogP contribution is -2.43. The molecule has 0 saturated heterocycles. The van der Waals surface area contributed by atoms with Crippen LogP contribution in [0, 0.1) is 0 Å². The fourth-order valence-electron chi connectivity index (χ4n) is 4.74. The molecule has 1 atom stereocenters. The van der Waals surface area contributed by atoms with Crippen molar-refractivity contribution in [2.24, 2.45) is 0 Å². The first-order chi connectivity index (χ1) is 22.4. The van der Waals surface area contributed by atoms with Gasteiger partial charge in [0.25, 0.3) is 0 Å². The van der Waals surface area contributed by atoms with Gasteiger partial charge in [-0.05, 0) is 72.1 Å². The number of benzene rings is 4. The Morgan fingerprint density at radius 3 is 2.19 bits per heavy atom. The monoisotopic (exact) mass is 660 g/mol. The van der Waals surface area contributed by atoms with Gasteiger partial charge in [-0.15, -0.1) is 0 Å². The van der Waals surface area contributed by atoms with Crippen molar-refractivity contribution in [2.75, 3.05) is 25.0 Å². The average molecular weight is 661 g/mol. The van der Waals surface area contributed by atoms with Gasteiger partial charge in [0.2, 0.25) is 6.41 Å². The first-order valence-electron chi connectivity index (χ1n) is 15.9.